The molecule has 0 atom stereocenters. The van der Waals surface area contributed by atoms with Crippen LogP contribution in [0.5, 0.6) is 0 Å². The number of benzene rings is 1. The average Bonchev–Trinajstić information content (AvgIpc) is 2.81. The highest BCUT2D eigenvalue weighted by molar-refractivity contribution is 5.84. The lowest BCUT2D eigenvalue weighted by Gasteiger charge is -2.10. The molecule has 0 spiro atoms. The quantitative estimate of drug-likeness (QED) is 0.688. The van der Waals surface area contributed by atoms with Crippen molar-refractivity contribution in [1.29, 1.82) is 0 Å². The highest BCUT2D eigenvalue weighted by Gasteiger charge is 2.20. The van der Waals surface area contributed by atoms with Gasteiger partial charge >= 0.3 is 0 Å². The summed E-state index contributed by atoms with van der Waals surface area (Å²) in [6.45, 7) is 2.07. The summed E-state index contributed by atoms with van der Waals surface area (Å²) in [4.78, 5) is 22.7. The first-order chi connectivity index (χ1) is 8.63. The largest absolute Gasteiger partial charge is 0.394 e. The molecule has 0 fully saturated rings. The lowest BCUT2D eigenvalue weighted by Crippen LogP contribution is -2.38. The van der Waals surface area contributed by atoms with E-state index in [2.05, 4.69) is 13.0 Å². The molecule has 4 heteroatoms. The summed E-state index contributed by atoms with van der Waals surface area (Å²) in [7, 11) is 0. The van der Waals surface area contributed by atoms with Gasteiger partial charge in [-0.15, -0.1) is 0 Å². The lowest BCUT2D eigenvalue weighted by molar-refractivity contribution is 1.07. The number of fused-ring (bicyclic) bond motifs is 1. The number of nitrogen functional groups attached to an aromatic ring is 1. The first kappa shape index (κ1) is 10.8. The smallest absolute Gasteiger partial charge is 0.254 e. The molecule has 18 heavy (non-hydrogen) atoms. The molecule has 1 heterocycles. The Hall–Kier alpha value is -2.36. The fraction of sp³-hybridized carbons (Fsp3) is 0.143. The molecule has 0 saturated carbocycles. The molecule has 2 N–H and O–H groups in total. The van der Waals surface area contributed by atoms with Crippen molar-refractivity contribution in [2.24, 2.45) is 0 Å². The van der Waals surface area contributed by atoms with Crippen LogP contribution in [0.4, 0.5) is 5.69 Å². The molecule has 0 aliphatic heterocycles. The maximum atomic E-state index is 11.6. The lowest BCUT2D eigenvalue weighted by atomic mass is 10.1. The monoisotopic (exact) mass is 240 g/mol. The Morgan fingerprint density at radius 1 is 1.17 bits per heavy atom. The molecule has 2 aromatic carbocycles. The van der Waals surface area contributed by atoms with E-state index >= 15 is 0 Å². The van der Waals surface area contributed by atoms with Crippen LogP contribution in [0.1, 0.15) is 12.5 Å². The highest BCUT2D eigenvalue weighted by atomic mass is 16.2. The first-order valence-corrected chi connectivity index (χ1v) is 5.82. The van der Waals surface area contributed by atoms with Crippen LogP contribution < -0.4 is 16.6 Å². The van der Waals surface area contributed by atoms with Crippen LogP contribution in [0.2, 0.25) is 0 Å². The van der Waals surface area contributed by atoms with Crippen LogP contribution in [0.3, 0.4) is 0 Å². The molecule has 0 aliphatic rings. The van der Waals surface area contributed by atoms with E-state index in [1.165, 1.54) is 5.56 Å². The molecular weight excluding hydrogens is 228 g/mol. The highest BCUT2D eigenvalue weighted by Crippen LogP contribution is 2.22. The van der Waals surface area contributed by atoms with Gasteiger partial charge in [-0.25, -0.2) is 0 Å². The second kappa shape index (κ2) is 3.57. The van der Waals surface area contributed by atoms with E-state index in [0.717, 1.165) is 17.3 Å². The second-order valence-corrected chi connectivity index (χ2v) is 4.35. The van der Waals surface area contributed by atoms with E-state index in [1.54, 1.807) is 10.8 Å². The van der Waals surface area contributed by atoms with Gasteiger partial charge in [-0.05, 0) is 29.5 Å². The third-order valence-electron chi connectivity index (χ3n) is 3.33. The number of aryl methyl sites for hydroxylation is 1. The van der Waals surface area contributed by atoms with Crippen molar-refractivity contribution in [3.05, 3.63) is 56.5 Å². The van der Waals surface area contributed by atoms with Crippen LogP contribution in [0.15, 0.2) is 40.1 Å². The maximum absolute atomic E-state index is 11.6. The molecule has 4 nitrogen and oxygen atoms in total. The molecule has 1 aromatic heterocycles. The van der Waals surface area contributed by atoms with Crippen LogP contribution in [0.25, 0.3) is 16.6 Å². The number of hydrogen-bond donors (Lipinski definition) is 1. The Kier molecular flexibility index (Phi) is 2.13. The zero-order chi connectivity index (χ0) is 12.9. The Morgan fingerprint density at radius 2 is 1.94 bits per heavy atom. The van der Waals surface area contributed by atoms with Crippen molar-refractivity contribution in [3.8, 4) is 5.69 Å². The number of nitrogens with two attached hydrogens (primary N) is 1. The van der Waals surface area contributed by atoms with Crippen molar-refractivity contribution in [1.82, 2.24) is 4.57 Å². The normalized spacial score (nSPS) is 11.4. The maximum Gasteiger partial charge on any atom is 0.254 e. The van der Waals surface area contributed by atoms with Crippen LogP contribution >= 0.6 is 0 Å². The van der Waals surface area contributed by atoms with Crippen LogP contribution in [-0.2, 0) is 6.42 Å². The fourth-order valence-electron chi connectivity index (χ4n) is 2.23. The fourth-order valence-corrected chi connectivity index (χ4v) is 2.23. The Bertz CT molecular complexity index is 820. The molecule has 3 rings (SSSR count). The summed E-state index contributed by atoms with van der Waals surface area (Å²) in [5, 5.41) is 1.03. The summed E-state index contributed by atoms with van der Waals surface area (Å²) < 4.78 is 1.70. The van der Waals surface area contributed by atoms with Crippen molar-refractivity contribution in [2.45, 2.75) is 13.3 Å². The van der Waals surface area contributed by atoms with Crippen molar-refractivity contribution in [2.75, 3.05) is 5.73 Å². The van der Waals surface area contributed by atoms with Crippen LogP contribution in [0, 0.1) is 0 Å². The first-order valence-electron chi connectivity index (χ1n) is 5.82. The van der Waals surface area contributed by atoms with Crippen molar-refractivity contribution in [3.63, 3.8) is 0 Å². The SMILES string of the molecule is CCc1ccc2ccn(-c3c(N)c(=O)c3=O)c2c1. The van der Waals surface area contributed by atoms with E-state index in [4.69, 9.17) is 5.73 Å². The van der Waals surface area contributed by atoms with Gasteiger partial charge < -0.3 is 10.3 Å². The molecular formula is C14H12N2O2. The van der Waals surface area contributed by atoms with Gasteiger partial charge in [-0.3, -0.25) is 9.59 Å². The average molecular weight is 240 g/mol. The van der Waals surface area contributed by atoms with Crippen molar-refractivity contribution < 1.29 is 0 Å². The third kappa shape index (κ3) is 1.26. The van der Waals surface area contributed by atoms with Gasteiger partial charge in [0.1, 0.15) is 11.4 Å². The predicted molar refractivity (Wildman–Crippen MR) is 72.0 cm³/mol. The van der Waals surface area contributed by atoms with E-state index < -0.39 is 10.9 Å². The van der Waals surface area contributed by atoms with E-state index in [9.17, 15) is 9.59 Å². The minimum absolute atomic E-state index is 0.0550. The van der Waals surface area contributed by atoms with E-state index in [0.29, 0.717) is 5.69 Å². The molecule has 0 amide bonds. The number of hydrogen-bond acceptors (Lipinski definition) is 3. The molecule has 3 aromatic rings. The van der Waals surface area contributed by atoms with Gasteiger partial charge in [-0.1, -0.05) is 19.1 Å². The topological polar surface area (TPSA) is 65.1 Å². The molecule has 0 aliphatic carbocycles. The Morgan fingerprint density at radius 3 is 2.61 bits per heavy atom. The van der Waals surface area contributed by atoms with Gasteiger partial charge in [0, 0.05) is 6.20 Å². The third-order valence-corrected chi connectivity index (χ3v) is 3.33. The van der Waals surface area contributed by atoms with Crippen molar-refractivity contribution >= 4 is 16.6 Å². The number of aromatic nitrogens is 1. The van der Waals surface area contributed by atoms with E-state index in [1.807, 2.05) is 18.2 Å². The van der Waals surface area contributed by atoms with Gasteiger partial charge in [0.25, 0.3) is 10.9 Å². The molecule has 0 saturated heterocycles. The van der Waals surface area contributed by atoms with Gasteiger partial charge in [0.15, 0.2) is 0 Å². The minimum Gasteiger partial charge on any atom is -0.394 e. The number of nitrogens with zero attached hydrogens (tertiary/aromatic N) is 1. The van der Waals surface area contributed by atoms with E-state index in [-0.39, 0.29) is 5.69 Å². The van der Waals surface area contributed by atoms with Gasteiger partial charge in [-0.2, -0.15) is 0 Å². The predicted octanol–water partition coefficient (Wildman–Crippen LogP) is 1.37. The number of anilines is 1. The standard InChI is InChI=1S/C14H12N2O2/c1-2-8-3-4-9-5-6-16(10(9)7-8)12-11(15)13(17)14(12)18/h3-7H,2,15H2,1H3. The molecule has 90 valence electrons. The van der Waals surface area contributed by atoms with Gasteiger partial charge in [0.05, 0.1) is 5.52 Å². The summed E-state index contributed by atoms with van der Waals surface area (Å²) in [6, 6.07) is 7.99. The molecule has 0 bridgehead atoms. The summed E-state index contributed by atoms with van der Waals surface area (Å²) in [6.07, 6.45) is 2.69. The molecule has 0 unspecified atom stereocenters. The van der Waals surface area contributed by atoms with Gasteiger partial charge in [0.2, 0.25) is 0 Å². The summed E-state index contributed by atoms with van der Waals surface area (Å²) in [5.74, 6) is 0. The summed E-state index contributed by atoms with van der Waals surface area (Å²) in [5.41, 5.74) is 6.95. The zero-order valence-corrected chi connectivity index (χ0v) is 9.93. The Labute approximate surface area is 103 Å². The second-order valence-electron chi connectivity index (χ2n) is 4.35. The zero-order valence-electron chi connectivity index (χ0n) is 9.93. The van der Waals surface area contributed by atoms with Crippen LogP contribution in [-0.4, -0.2) is 4.57 Å². The minimum atomic E-state index is -0.585. The summed E-state index contributed by atoms with van der Waals surface area (Å²) >= 11 is 0. The molecule has 0 radical (unpaired) electrons. The Balaban J connectivity index is 2.31. The number of rotatable bonds is 2.